The lowest BCUT2D eigenvalue weighted by Gasteiger charge is -2.40. The molecule has 1 aromatic heterocycles. The molecule has 0 saturated carbocycles. The second-order valence-electron chi connectivity index (χ2n) is 5.61. The molecule has 0 radical (unpaired) electrons. The fourth-order valence-corrected chi connectivity index (χ4v) is 2.98. The number of nitrogens with zero attached hydrogens (tertiary/aromatic N) is 1. The summed E-state index contributed by atoms with van der Waals surface area (Å²) in [5.41, 5.74) is 1.21. The molecule has 0 unspecified atom stereocenters. The van der Waals surface area contributed by atoms with E-state index in [1.807, 2.05) is 0 Å². The minimum absolute atomic E-state index is 0.151. The van der Waals surface area contributed by atoms with Crippen molar-refractivity contribution in [1.29, 1.82) is 0 Å². The summed E-state index contributed by atoms with van der Waals surface area (Å²) in [4.78, 5) is 12.3. The predicted octanol–water partition coefficient (Wildman–Crippen LogP) is 1.84. The molecule has 3 heterocycles. The second kappa shape index (κ2) is 4.96. The summed E-state index contributed by atoms with van der Waals surface area (Å²) in [5.74, 6) is 0.880. The van der Waals surface area contributed by atoms with Crippen molar-refractivity contribution >= 4 is 5.78 Å². The molecule has 0 aliphatic carbocycles. The van der Waals surface area contributed by atoms with Crippen molar-refractivity contribution in [3.8, 4) is 5.75 Å². The smallest absolute Gasteiger partial charge is 0.188 e. The Hall–Kier alpha value is -1.36. The summed E-state index contributed by atoms with van der Waals surface area (Å²) in [5, 5.41) is 10.5. The lowest BCUT2D eigenvalue weighted by Crippen LogP contribution is -2.49. The molecule has 1 saturated heterocycles. The zero-order valence-corrected chi connectivity index (χ0v) is 11.4. The van der Waals surface area contributed by atoms with E-state index in [1.54, 1.807) is 0 Å². The van der Waals surface area contributed by atoms with Crippen LogP contribution in [0.5, 0.6) is 5.75 Å². The van der Waals surface area contributed by atoms with Crippen molar-refractivity contribution in [3.63, 3.8) is 0 Å². The molecule has 2 aliphatic heterocycles. The molecule has 19 heavy (non-hydrogen) atoms. The highest BCUT2D eigenvalue weighted by Crippen LogP contribution is 2.39. The number of aromatic nitrogens is 2. The monoisotopic (exact) mass is 263 g/mol. The lowest BCUT2D eigenvalue weighted by atomic mass is 9.84. The number of rotatable bonds is 3. The predicted molar refractivity (Wildman–Crippen MR) is 71.6 cm³/mol. The Kier molecular flexibility index (Phi) is 3.31. The van der Waals surface area contributed by atoms with Crippen molar-refractivity contribution in [1.82, 2.24) is 15.5 Å². The van der Waals surface area contributed by atoms with E-state index in [-0.39, 0.29) is 11.4 Å². The van der Waals surface area contributed by atoms with Gasteiger partial charge in [0.15, 0.2) is 11.5 Å². The third kappa shape index (κ3) is 2.27. The summed E-state index contributed by atoms with van der Waals surface area (Å²) < 4.78 is 6.24. The number of Topliss-reactive ketones (excluding diaryl/α,β-unsaturated/α-hetero) is 1. The maximum Gasteiger partial charge on any atom is 0.188 e. The fraction of sp³-hybridized carbons (Fsp3) is 0.714. The van der Waals surface area contributed by atoms with Gasteiger partial charge in [-0.2, -0.15) is 5.10 Å². The van der Waals surface area contributed by atoms with E-state index in [1.165, 1.54) is 0 Å². The third-order valence-corrected chi connectivity index (χ3v) is 4.15. The molecule has 5 nitrogen and oxygen atoms in total. The highest BCUT2D eigenvalue weighted by Gasteiger charge is 2.43. The Morgan fingerprint density at radius 3 is 2.89 bits per heavy atom. The molecular formula is C14H21N3O2. The molecule has 2 N–H and O–H groups in total. The molecule has 0 amide bonds. The number of ether oxygens (including phenoxy) is 1. The lowest BCUT2D eigenvalue weighted by molar-refractivity contribution is 0.0178. The van der Waals surface area contributed by atoms with Crippen LogP contribution in [0.3, 0.4) is 0 Å². The third-order valence-electron chi connectivity index (χ3n) is 4.15. The number of unbranched alkanes of at least 4 members (excludes halogenated alkanes) is 1. The average Bonchev–Trinajstić information content (AvgIpc) is 2.80. The van der Waals surface area contributed by atoms with Crippen LogP contribution < -0.4 is 10.1 Å². The number of ketones is 1. The standard InChI is InChI=1S/C14H21N3O2/c1-2-3-4-10-13-12(17-16-10)11(18)9-14(19-13)5-7-15-8-6-14/h15H,2-9H2,1H3,(H,16,17). The molecule has 1 fully saturated rings. The number of aromatic amines is 1. The van der Waals surface area contributed by atoms with Crippen molar-refractivity contribution in [3.05, 3.63) is 11.4 Å². The van der Waals surface area contributed by atoms with Crippen LogP contribution in [0, 0.1) is 0 Å². The van der Waals surface area contributed by atoms with Crippen LogP contribution in [-0.2, 0) is 6.42 Å². The maximum atomic E-state index is 12.3. The number of hydrogen-bond donors (Lipinski definition) is 2. The maximum absolute atomic E-state index is 12.3. The van der Waals surface area contributed by atoms with Crippen molar-refractivity contribution < 1.29 is 9.53 Å². The highest BCUT2D eigenvalue weighted by molar-refractivity contribution is 5.98. The number of fused-ring (bicyclic) bond motifs is 1. The van der Waals surface area contributed by atoms with Gasteiger partial charge in [0.05, 0.1) is 6.42 Å². The van der Waals surface area contributed by atoms with E-state index in [9.17, 15) is 4.79 Å². The average molecular weight is 263 g/mol. The molecule has 1 spiro atoms. The SMILES string of the molecule is CCCCc1n[nH]c2c1OC1(CCNCC1)CC2=O. The summed E-state index contributed by atoms with van der Waals surface area (Å²) in [6.45, 7) is 3.99. The first-order valence-corrected chi connectivity index (χ1v) is 7.24. The molecule has 104 valence electrons. The van der Waals surface area contributed by atoms with E-state index in [4.69, 9.17) is 4.74 Å². The Labute approximate surface area is 113 Å². The largest absolute Gasteiger partial charge is 0.482 e. The van der Waals surface area contributed by atoms with Gasteiger partial charge in [-0.25, -0.2) is 0 Å². The number of H-pyrrole nitrogens is 1. The van der Waals surface area contributed by atoms with Gasteiger partial charge in [-0.3, -0.25) is 9.89 Å². The van der Waals surface area contributed by atoms with Gasteiger partial charge < -0.3 is 10.1 Å². The van der Waals surface area contributed by atoms with Gasteiger partial charge in [-0.1, -0.05) is 13.3 Å². The Balaban J connectivity index is 1.88. The molecule has 1 aromatic rings. The van der Waals surface area contributed by atoms with Gasteiger partial charge >= 0.3 is 0 Å². The summed E-state index contributed by atoms with van der Waals surface area (Å²) in [6.07, 6.45) is 5.35. The Morgan fingerprint density at radius 2 is 2.16 bits per heavy atom. The van der Waals surface area contributed by atoms with Crippen LogP contribution in [-0.4, -0.2) is 34.7 Å². The molecule has 5 heteroatoms. The fourth-order valence-electron chi connectivity index (χ4n) is 2.98. The molecule has 0 atom stereocenters. The highest BCUT2D eigenvalue weighted by atomic mass is 16.5. The van der Waals surface area contributed by atoms with Gasteiger partial charge in [-0.15, -0.1) is 0 Å². The number of piperidine rings is 1. The quantitative estimate of drug-likeness (QED) is 0.873. The van der Waals surface area contributed by atoms with Crippen molar-refractivity contribution in [2.24, 2.45) is 0 Å². The first-order chi connectivity index (χ1) is 9.24. The Bertz CT molecular complexity index is 475. The first kappa shape index (κ1) is 12.7. The number of carbonyl (C=O) groups is 1. The van der Waals surface area contributed by atoms with Crippen molar-refractivity contribution in [2.45, 2.75) is 51.0 Å². The van der Waals surface area contributed by atoms with Gasteiger partial charge in [0.25, 0.3) is 0 Å². The van der Waals surface area contributed by atoms with Gasteiger partial charge in [0.2, 0.25) is 0 Å². The summed E-state index contributed by atoms with van der Waals surface area (Å²) in [7, 11) is 0. The van der Waals surface area contributed by atoms with Crippen LogP contribution in [0.15, 0.2) is 0 Å². The van der Waals surface area contributed by atoms with Crippen LogP contribution in [0.1, 0.15) is 55.2 Å². The van der Waals surface area contributed by atoms with E-state index in [0.29, 0.717) is 12.1 Å². The zero-order chi connectivity index (χ0) is 13.3. The molecular weight excluding hydrogens is 242 g/mol. The summed E-state index contributed by atoms with van der Waals surface area (Å²) >= 11 is 0. The Morgan fingerprint density at radius 1 is 1.37 bits per heavy atom. The minimum atomic E-state index is -0.291. The van der Waals surface area contributed by atoms with E-state index >= 15 is 0 Å². The van der Waals surface area contributed by atoms with E-state index < -0.39 is 0 Å². The minimum Gasteiger partial charge on any atom is -0.482 e. The molecule has 2 aliphatic rings. The van der Waals surface area contributed by atoms with Crippen LogP contribution in [0.2, 0.25) is 0 Å². The number of nitrogens with one attached hydrogen (secondary N) is 2. The molecule has 0 bridgehead atoms. The molecule has 0 aromatic carbocycles. The zero-order valence-electron chi connectivity index (χ0n) is 11.4. The number of hydrogen-bond acceptors (Lipinski definition) is 4. The van der Waals surface area contributed by atoms with Crippen LogP contribution in [0.4, 0.5) is 0 Å². The van der Waals surface area contributed by atoms with E-state index in [0.717, 1.165) is 56.6 Å². The molecule has 3 rings (SSSR count). The first-order valence-electron chi connectivity index (χ1n) is 7.24. The van der Waals surface area contributed by atoms with Crippen molar-refractivity contribution in [2.75, 3.05) is 13.1 Å². The topological polar surface area (TPSA) is 67.0 Å². The van der Waals surface area contributed by atoms with Gasteiger partial charge in [0.1, 0.15) is 17.0 Å². The van der Waals surface area contributed by atoms with Gasteiger partial charge in [0, 0.05) is 12.8 Å². The number of aryl methyl sites for hydroxylation is 1. The summed E-state index contributed by atoms with van der Waals surface area (Å²) in [6, 6.07) is 0. The van der Waals surface area contributed by atoms with E-state index in [2.05, 4.69) is 22.4 Å². The normalized spacial score (nSPS) is 21.2. The van der Waals surface area contributed by atoms with Crippen LogP contribution >= 0.6 is 0 Å². The van der Waals surface area contributed by atoms with Crippen LogP contribution in [0.25, 0.3) is 0 Å². The second-order valence-corrected chi connectivity index (χ2v) is 5.61. The number of carbonyl (C=O) groups excluding carboxylic acids is 1. The van der Waals surface area contributed by atoms with Gasteiger partial charge in [-0.05, 0) is 25.9 Å².